The Hall–Kier alpha value is -3.37. The number of benzene rings is 4. The van der Waals surface area contributed by atoms with Gasteiger partial charge in [-0.15, -0.1) is 0 Å². The lowest BCUT2D eigenvalue weighted by Crippen LogP contribution is -2.27. The van der Waals surface area contributed by atoms with Gasteiger partial charge in [-0.1, -0.05) is 78.4 Å². The first-order chi connectivity index (χ1) is 14.6. The minimum atomic E-state index is -0.233. The molecule has 1 heterocycles. The van der Waals surface area contributed by atoms with Gasteiger partial charge < -0.3 is 0 Å². The molecule has 3 nitrogen and oxygen atoms in total. The van der Waals surface area contributed by atoms with Crippen LogP contribution < -0.4 is 0 Å². The number of hydrogen-bond acceptors (Lipinski definition) is 3. The molecule has 0 N–H and O–H groups in total. The number of nitrogens with zero attached hydrogens (tertiary/aromatic N) is 1. The third-order valence-corrected chi connectivity index (χ3v) is 6.29. The first-order valence-corrected chi connectivity index (χ1v) is 10.6. The average molecular weight is 410 g/mol. The third-order valence-electron chi connectivity index (χ3n) is 5.39. The summed E-state index contributed by atoms with van der Waals surface area (Å²) < 4.78 is 0. The molecule has 0 spiro atoms. The van der Waals surface area contributed by atoms with Crippen LogP contribution in [0.5, 0.6) is 0 Å². The van der Waals surface area contributed by atoms with Crippen molar-refractivity contribution >= 4 is 50.5 Å². The molecule has 30 heavy (non-hydrogen) atoms. The molecule has 0 bridgehead atoms. The van der Waals surface area contributed by atoms with Gasteiger partial charge in [0.2, 0.25) is 0 Å². The quantitative estimate of drug-likeness (QED) is 0.285. The molecule has 4 aromatic rings. The van der Waals surface area contributed by atoms with Crippen LogP contribution in [0, 0.1) is 6.92 Å². The number of hydrogen-bond donors (Lipinski definition) is 0. The first-order valence-electron chi connectivity index (χ1n) is 9.81. The number of fused-ring (bicyclic) bond motifs is 2. The van der Waals surface area contributed by atoms with E-state index in [1.807, 2.05) is 61.5 Å². The number of carbonyl (C=O) groups excluding carboxylic acids is 2. The maximum atomic E-state index is 13.1. The molecule has 0 unspecified atom stereocenters. The molecule has 0 saturated carbocycles. The van der Waals surface area contributed by atoms with Crippen molar-refractivity contribution in [3.63, 3.8) is 0 Å². The Morgan fingerprint density at radius 2 is 1.50 bits per heavy atom. The number of thioether (sulfide) groups is 1. The third kappa shape index (κ3) is 3.29. The van der Waals surface area contributed by atoms with Crippen LogP contribution in [0.25, 0.3) is 27.6 Å². The predicted molar refractivity (Wildman–Crippen MR) is 124 cm³/mol. The van der Waals surface area contributed by atoms with E-state index < -0.39 is 0 Å². The van der Waals surface area contributed by atoms with E-state index in [4.69, 9.17) is 0 Å². The molecule has 1 aliphatic rings. The molecular weight excluding hydrogens is 390 g/mol. The summed E-state index contributed by atoms with van der Waals surface area (Å²) in [4.78, 5) is 27.5. The number of carbonyl (C=O) groups is 2. The largest absolute Gasteiger partial charge is 0.293 e. The van der Waals surface area contributed by atoms with Crippen LogP contribution in [0.15, 0.2) is 83.8 Å². The van der Waals surface area contributed by atoms with Crippen molar-refractivity contribution in [3.8, 4) is 0 Å². The lowest BCUT2D eigenvalue weighted by molar-refractivity contribution is -0.123. The normalized spacial score (nSPS) is 15.6. The fourth-order valence-electron chi connectivity index (χ4n) is 3.96. The monoisotopic (exact) mass is 409 g/mol. The van der Waals surface area contributed by atoms with E-state index >= 15 is 0 Å². The summed E-state index contributed by atoms with van der Waals surface area (Å²) >= 11 is 1.02. The highest BCUT2D eigenvalue weighted by Gasteiger charge is 2.35. The van der Waals surface area contributed by atoms with Gasteiger partial charge >= 0.3 is 0 Å². The van der Waals surface area contributed by atoms with Gasteiger partial charge in [0.25, 0.3) is 11.1 Å². The fraction of sp³-hybridized carbons (Fsp3) is 0.0769. The highest BCUT2D eigenvalue weighted by Crippen LogP contribution is 2.37. The van der Waals surface area contributed by atoms with E-state index in [1.54, 1.807) is 0 Å². The van der Waals surface area contributed by atoms with Crippen LogP contribution in [0.4, 0.5) is 4.79 Å². The van der Waals surface area contributed by atoms with Crippen LogP contribution in [0.3, 0.4) is 0 Å². The van der Waals surface area contributed by atoms with Gasteiger partial charge in [0.1, 0.15) is 0 Å². The summed E-state index contributed by atoms with van der Waals surface area (Å²) in [7, 11) is 0. The second-order valence-electron chi connectivity index (χ2n) is 7.49. The number of imide groups is 1. The number of amides is 2. The summed E-state index contributed by atoms with van der Waals surface area (Å²) in [5.74, 6) is -0.233. The van der Waals surface area contributed by atoms with Gasteiger partial charge in [-0.2, -0.15) is 0 Å². The van der Waals surface area contributed by atoms with Crippen molar-refractivity contribution in [1.29, 1.82) is 0 Å². The maximum Gasteiger partial charge on any atom is 0.293 e. The molecule has 1 fully saturated rings. The first kappa shape index (κ1) is 18.6. The molecular formula is C26H19NO2S. The minimum Gasteiger partial charge on any atom is -0.268 e. The van der Waals surface area contributed by atoms with Gasteiger partial charge in [-0.3, -0.25) is 14.5 Å². The van der Waals surface area contributed by atoms with Gasteiger partial charge in [-0.05, 0) is 63.5 Å². The lowest BCUT2D eigenvalue weighted by atomic mass is 9.96. The highest BCUT2D eigenvalue weighted by molar-refractivity contribution is 8.18. The van der Waals surface area contributed by atoms with Crippen LogP contribution >= 0.6 is 11.8 Å². The zero-order chi connectivity index (χ0) is 20.7. The van der Waals surface area contributed by atoms with Crippen molar-refractivity contribution in [2.75, 3.05) is 0 Å². The molecule has 0 radical (unpaired) electrons. The Morgan fingerprint density at radius 3 is 2.17 bits per heavy atom. The molecule has 0 atom stereocenters. The molecule has 1 saturated heterocycles. The molecule has 4 aromatic carbocycles. The van der Waals surface area contributed by atoms with Crippen LogP contribution in [-0.4, -0.2) is 16.0 Å². The summed E-state index contributed by atoms with van der Waals surface area (Å²) in [6.07, 6.45) is 1.88. The standard InChI is InChI=1S/C26H19NO2S/c1-17-7-6-8-18(13-17)16-27-25(28)24(30-26(27)29)15-23-21-11-4-2-9-19(21)14-20-10-3-5-12-22(20)23/h2-15H,16H2,1H3/b24-15-. The molecule has 0 aliphatic carbocycles. The van der Waals surface area contributed by atoms with E-state index in [9.17, 15) is 9.59 Å². The Labute approximate surface area is 179 Å². The van der Waals surface area contributed by atoms with E-state index in [2.05, 4.69) is 30.3 Å². The van der Waals surface area contributed by atoms with Gasteiger partial charge in [0.05, 0.1) is 11.4 Å². The van der Waals surface area contributed by atoms with Crippen LogP contribution in [0.2, 0.25) is 0 Å². The fourth-order valence-corrected chi connectivity index (χ4v) is 4.78. The molecule has 146 valence electrons. The Kier molecular flexibility index (Phi) is 4.64. The Balaban J connectivity index is 1.59. The van der Waals surface area contributed by atoms with E-state index in [0.717, 1.165) is 50.0 Å². The lowest BCUT2D eigenvalue weighted by Gasteiger charge is -2.13. The SMILES string of the molecule is Cc1cccc(CN2C(=O)S/C(=C\c3c4ccccc4cc4ccccc34)C2=O)c1. The van der Waals surface area contributed by atoms with Gasteiger partial charge in [0.15, 0.2) is 0 Å². The number of aryl methyl sites for hydroxylation is 1. The smallest absolute Gasteiger partial charge is 0.268 e. The average Bonchev–Trinajstić information content (AvgIpc) is 3.01. The van der Waals surface area contributed by atoms with Crippen molar-refractivity contribution in [3.05, 3.63) is 100 Å². The van der Waals surface area contributed by atoms with Crippen molar-refractivity contribution in [2.45, 2.75) is 13.5 Å². The summed E-state index contributed by atoms with van der Waals surface area (Å²) in [6, 6.07) is 26.3. The summed E-state index contributed by atoms with van der Waals surface area (Å²) in [5.41, 5.74) is 3.04. The molecule has 0 aromatic heterocycles. The minimum absolute atomic E-state index is 0.225. The number of rotatable bonds is 3. The second kappa shape index (κ2) is 7.47. The van der Waals surface area contributed by atoms with E-state index in [1.165, 1.54) is 4.90 Å². The zero-order valence-corrected chi connectivity index (χ0v) is 17.3. The van der Waals surface area contributed by atoms with E-state index in [-0.39, 0.29) is 11.1 Å². The van der Waals surface area contributed by atoms with E-state index in [0.29, 0.717) is 11.4 Å². The zero-order valence-electron chi connectivity index (χ0n) is 16.5. The summed E-state index contributed by atoms with van der Waals surface area (Å²) in [5, 5.41) is 4.14. The predicted octanol–water partition coefficient (Wildman–Crippen LogP) is 6.54. The van der Waals surface area contributed by atoms with Gasteiger partial charge in [-0.25, -0.2) is 0 Å². The molecule has 5 rings (SSSR count). The molecule has 2 amide bonds. The maximum absolute atomic E-state index is 13.1. The Morgan fingerprint density at radius 1 is 0.833 bits per heavy atom. The summed E-state index contributed by atoms with van der Waals surface area (Å²) in [6.45, 7) is 2.29. The van der Waals surface area contributed by atoms with Gasteiger partial charge in [0, 0.05) is 0 Å². The van der Waals surface area contributed by atoms with Crippen molar-refractivity contribution < 1.29 is 9.59 Å². The van der Waals surface area contributed by atoms with Crippen molar-refractivity contribution in [1.82, 2.24) is 4.90 Å². The highest BCUT2D eigenvalue weighted by atomic mass is 32.2. The van der Waals surface area contributed by atoms with Crippen LogP contribution in [0.1, 0.15) is 16.7 Å². The topological polar surface area (TPSA) is 37.4 Å². The molecule has 4 heteroatoms. The van der Waals surface area contributed by atoms with Crippen molar-refractivity contribution in [2.24, 2.45) is 0 Å². The Bertz CT molecular complexity index is 1300. The molecule has 1 aliphatic heterocycles. The van der Waals surface area contributed by atoms with Crippen LogP contribution in [-0.2, 0) is 11.3 Å². The second-order valence-corrected chi connectivity index (χ2v) is 8.48.